The Bertz CT molecular complexity index is 1370. The lowest BCUT2D eigenvalue weighted by Gasteiger charge is -2.58. The largest absolute Gasteiger partial charge is 0.481 e. The van der Waals surface area contributed by atoms with Crippen LogP contribution in [0.25, 0.3) is 0 Å². The van der Waals surface area contributed by atoms with Gasteiger partial charge in [0.05, 0.1) is 11.3 Å². The van der Waals surface area contributed by atoms with E-state index in [4.69, 9.17) is 4.74 Å². The molecule has 0 aliphatic heterocycles. The highest BCUT2D eigenvalue weighted by atomic mass is 16.5. The predicted molar refractivity (Wildman–Crippen MR) is 144 cm³/mol. The smallest absolute Gasteiger partial charge is 0.306 e. The van der Waals surface area contributed by atoms with Gasteiger partial charge in [-0.25, -0.2) is 0 Å². The Balaban J connectivity index is 1.65. The van der Waals surface area contributed by atoms with Crippen LogP contribution in [0, 0.1) is 44.8 Å². The molecule has 0 heterocycles. The number of fused-ring (bicyclic) bond motifs is 3. The minimum absolute atomic E-state index is 0.0106. The van der Waals surface area contributed by atoms with Crippen LogP contribution in [0.15, 0.2) is 11.1 Å². The number of ketones is 5. The molecule has 1 N–H and O–H groups in total. The number of rotatable bonds is 7. The fraction of sp³-hybridized carbons (Fsp3) is 0.719. The summed E-state index contributed by atoms with van der Waals surface area (Å²) in [5.41, 5.74) is -4.53. The summed E-state index contributed by atoms with van der Waals surface area (Å²) in [5.74, 6) is -4.85. The van der Waals surface area contributed by atoms with Gasteiger partial charge < -0.3 is 9.84 Å². The van der Waals surface area contributed by atoms with Crippen LogP contribution in [0.5, 0.6) is 0 Å². The van der Waals surface area contributed by atoms with E-state index in [1.54, 1.807) is 20.8 Å². The van der Waals surface area contributed by atoms with E-state index in [-0.39, 0.29) is 66.4 Å². The van der Waals surface area contributed by atoms with Gasteiger partial charge in [-0.3, -0.25) is 33.6 Å². The van der Waals surface area contributed by atoms with Crippen LogP contribution >= 0.6 is 0 Å². The van der Waals surface area contributed by atoms with E-state index >= 15 is 0 Å². The number of aliphatic carboxylic acids is 1. The normalized spacial score (nSPS) is 42.5. The highest BCUT2D eigenvalue weighted by Gasteiger charge is 2.83. The molecule has 9 heteroatoms. The first-order valence-corrected chi connectivity index (χ1v) is 14.6. The first kappa shape index (κ1) is 29.5. The van der Waals surface area contributed by atoms with Gasteiger partial charge in [0.1, 0.15) is 17.3 Å². The minimum Gasteiger partial charge on any atom is -0.481 e. The molecule has 1 spiro atoms. The average molecular weight is 569 g/mol. The Kier molecular flexibility index (Phi) is 6.32. The second kappa shape index (κ2) is 8.77. The molecular weight excluding hydrogens is 528 g/mol. The second-order valence-electron chi connectivity index (χ2n) is 14.4. The van der Waals surface area contributed by atoms with Gasteiger partial charge in [-0.1, -0.05) is 34.6 Å². The lowest BCUT2D eigenvalue weighted by atomic mass is 9.43. The average Bonchev–Trinajstić information content (AvgIpc) is 3.43. The van der Waals surface area contributed by atoms with Crippen molar-refractivity contribution in [2.24, 2.45) is 44.8 Å². The molecule has 0 amide bonds. The lowest BCUT2D eigenvalue weighted by molar-refractivity contribution is -0.175. The van der Waals surface area contributed by atoms with Crippen molar-refractivity contribution >= 4 is 40.9 Å². The van der Waals surface area contributed by atoms with Crippen LogP contribution in [-0.4, -0.2) is 52.1 Å². The maximum atomic E-state index is 14.6. The van der Waals surface area contributed by atoms with Gasteiger partial charge in [0.2, 0.25) is 5.78 Å². The zero-order chi connectivity index (χ0) is 30.7. The fourth-order valence-electron chi connectivity index (χ4n) is 9.83. The monoisotopic (exact) mass is 568 g/mol. The summed E-state index contributed by atoms with van der Waals surface area (Å²) in [6, 6.07) is 0. The molecule has 5 rings (SSSR count). The molecule has 0 bridgehead atoms. The highest BCUT2D eigenvalue weighted by molar-refractivity contribution is 6.19. The third-order valence-corrected chi connectivity index (χ3v) is 12.5. The van der Waals surface area contributed by atoms with E-state index in [1.807, 2.05) is 13.8 Å². The molecule has 0 radical (unpaired) electrons. The molecular formula is C32H40O9. The molecule has 2 unspecified atom stereocenters. The van der Waals surface area contributed by atoms with Gasteiger partial charge in [0.25, 0.3) is 0 Å². The summed E-state index contributed by atoms with van der Waals surface area (Å²) in [5, 5.41) is 9.24. The highest BCUT2D eigenvalue weighted by Crippen LogP contribution is 2.83. The number of allylic oxidation sites excluding steroid dienone is 1. The molecule has 222 valence electrons. The topological polar surface area (TPSA) is 149 Å². The number of hydrogen-bond acceptors (Lipinski definition) is 8. The van der Waals surface area contributed by atoms with Crippen molar-refractivity contribution in [2.75, 3.05) is 0 Å². The molecule has 9 nitrogen and oxygen atoms in total. The maximum absolute atomic E-state index is 14.6. The number of carboxylic acids is 1. The van der Waals surface area contributed by atoms with Crippen LogP contribution in [0.3, 0.4) is 0 Å². The van der Waals surface area contributed by atoms with Crippen molar-refractivity contribution < 1.29 is 43.4 Å². The van der Waals surface area contributed by atoms with Gasteiger partial charge in [0, 0.05) is 71.8 Å². The number of carboxylic acid groups (broad SMARTS) is 1. The summed E-state index contributed by atoms with van der Waals surface area (Å²) >= 11 is 0. The van der Waals surface area contributed by atoms with Crippen molar-refractivity contribution in [3.8, 4) is 0 Å². The first-order valence-electron chi connectivity index (χ1n) is 14.6. The Morgan fingerprint density at radius 1 is 0.951 bits per heavy atom. The van der Waals surface area contributed by atoms with Crippen LogP contribution in [-0.2, 0) is 38.3 Å². The molecule has 0 aromatic heterocycles. The minimum atomic E-state index is -1.44. The zero-order valence-electron chi connectivity index (χ0n) is 25.0. The summed E-state index contributed by atoms with van der Waals surface area (Å²) in [6.45, 7) is 11.7. The van der Waals surface area contributed by atoms with E-state index in [9.17, 15) is 38.7 Å². The third kappa shape index (κ3) is 3.43. The van der Waals surface area contributed by atoms with Gasteiger partial charge in [-0.05, 0) is 31.6 Å². The van der Waals surface area contributed by atoms with Crippen LogP contribution < -0.4 is 0 Å². The van der Waals surface area contributed by atoms with E-state index < -0.39 is 68.7 Å². The molecule has 41 heavy (non-hydrogen) atoms. The standard InChI is InChI=1S/C32H40O9/c1-15(10-18(34)11-16(2)27(39)40)19-12-22(37)31(7)23-20(35)13-32-14-29(32,5)21(36)8-9-28(32,4)24(23)25(38)26(30(19,31)6)41-17(3)33/h15-16,19,26H,8-14H2,1-7H3,(H,39,40)/t15-,16?,19-,26-,28-,29?,30+,31+,32+/m1/s1. The van der Waals surface area contributed by atoms with Crippen LogP contribution in [0.4, 0.5) is 0 Å². The summed E-state index contributed by atoms with van der Waals surface area (Å²) in [6.07, 6.45) is -0.299. The van der Waals surface area contributed by atoms with E-state index in [0.717, 1.165) is 0 Å². The molecule has 5 aliphatic carbocycles. The van der Waals surface area contributed by atoms with Gasteiger partial charge in [-0.2, -0.15) is 0 Å². The van der Waals surface area contributed by atoms with Crippen molar-refractivity contribution in [3.63, 3.8) is 0 Å². The zero-order valence-corrected chi connectivity index (χ0v) is 25.0. The van der Waals surface area contributed by atoms with Crippen molar-refractivity contribution in [1.29, 1.82) is 0 Å². The van der Waals surface area contributed by atoms with Gasteiger partial charge in [-0.15, -0.1) is 0 Å². The molecule has 0 aromatic carbocycles. The molecule has 3 saturated carbocycles. The Hall–Kier alpha value is -2.97. The summed E-state index contributed by atoms with van der Waals surface area (Å²) in [7, 11) is 0. The van der Waals surface area contributed by atoms with E-state index in [0.29, 0.717) is 12.8 Å². The van der Waals surface area contributed by atoms with E-state index in [2.05, 4.69) is 0 Å². The summed E-state index contributed by atoms with van der Waals surface area (Å²) < 4.78 is 5.80. The third-order valence-electron chi connectivity index (χ3n) is 12.5. The Morgan fingerprint density at radius 2 is 1.59 bits per heavy atom. The summed E-state index contributed by atoms with van der Waals surface area (Å²) in [4.78, 5) is 92.6. The van der Waals surface area contributed by atoms with Crippen LogP contribution in [0.1, 0.15) is 93.4 Å². The van der Waals surface area contributed by atoms with Crippen molar-refractivity contribution in [2.45, 2.75) is 99.5 Å². The second-order valence-corrected chi connectivity index (χ2v) is 14.4. The molecule has 0 aromatic rings. The number of ether oxygens (including phenoxy) is 1. The predicted octanol–water partition coefficient (Wildman–Crippen LogP) is 3.84. The Labute approximate surface area is 239 Å². The Morgan fingerprint density at radius 3 is 2.17 bits per heavy atom. The van der Waals surface area contributed by atoms with Crippen LogP contribution in [0.2, 0.25) is 0 Å². The van der Waals surface area contributed by atoms with Crippen molar-refractivity contribution in [3.05, 3.63) is 11.1 Å². The first-order chi connectivity index (χ1) is 18.8. The quantitative estimate of drug-likeness (QED) is 0.452. The molecule has 3 fully saturated rings. The SMILES string of the molecule is CC(=O)O[C@@H]1C(=O)C2=C(C(=O)C[C@@]34CC3(C)C(=O)CC[C@]24C)[C@]2(C)C(=O)C[C@H]([C@H](C)CC(=O)CC(C)C(=O)O)[C@@]12C. The maximum Gasteiger partial charge on any atom is 0.306 e. The number of Topliss-reactive ketones (excluding diaryl/α,β-unsaturated/α-hetero) is 5. The number of carbonyl (C=O) groups is 7. The fourth-order valence-corrected chi connectivity index (χ4v) is 9.83. The van der Waals surface area contributed by atoms with Gasteiger partial charge >= 0.3 is 11.9 Å². The molecule has 9 atom stereocenters. The number of carbonyl (C=O) groups excluding carboxylic acids is 6. The lowest BCUT2D eigenvalue weighted by Crippen LogP contribution is -2.64. The van der Waals surface area contributed by atoms with Gasteiger partial charge in [0.15, 0.2) is 11.9 Å². The van der Waals surface area contributed by atoms with E-state index in [1.165, 1.54) is 13.8 Å². The number of hydrogen-bond donors (Lipinski definition) is 1. The van der Waals surface area contributed by atoms with Crippen molar-refractivity contribution in [1.82, 2.24) is 0 Å². The molecule has 5 aliphatic rings. The number of esters is 1. The molecule has 0 saturated heterocycles.